The van der Waals surface area contributed by atoms with Crippen LogP contribution in [0.25, 0.3) is 0 Å². The minimum absolute atomic E-state index is 0.801. The van der Waals surface area contributed by atoms with E-state index in [4.69, 9.17) is 0 Å². The first-order valence-electron chi connectivity index (χ1n) is 4.29. The average molecular weight is 136 g/mol. The van der Waals surface area contributed by atoms with Crippen molar-refractivity contribution in [3.63, 3.8) is 0 Å². The van der Waals surface area contributed by atoms with Gasteiger partial charge in [0.2, 0.25) is 0 Å². The molecule has 0 unspecified atom stereocenters. The number of allylic oxidation sites excluding steroid dienone is 1. The molecule has 0 N–H and O–H groups in total. The Kier molecular flexibility index (Phi) is 2.77. The summed E-state index contributed by atoms with van der Waals surface area (Å²) in [7, 11) is 0. The Hall–Kier alpha value is -0.480. The average Bonchev–Trinajstić information content (AvgIpc) is 2.04. The third-order valence-corrected chi connectivity index (χ3v) is 2.45. The van der Waals surface area contributed by atoms with Gasteiger partial charge in [0.05, 0.1) is 0 Å². The Labute approximate surface area is 63.6 Å². The van der Waals surface area contributed by atoms with Crippen LogP contribution in [-0.2, 0) is 0 Å². The van der Waals surface area contributed by atoms with Crippen LogP contribution in [-0.4, -0.2) is 0 Å². The fourth-order valence-electron chi connectivity index (χ4n) is 1.64. The molecule has 0 aromatic heterocycles. The standard InChI is InChI=1S/C10H16/c1-3-9-7-5-6-8-10(9)4-2/h5,8-10H,3-4,7H2,1-2H3/t9-,10-/m0/s1. The van der Waals surface area contributed by atoms with Gasteiger partial charge in [0.15, 0.2) is 0 Å². The molecule has 0 spiro atoms. The molecule has 1 aliphatic rings. The summed E-state index contributed by atoms with van der Waals surface area (Å²) >= 11 is 0. The lowest BCUT2D eigenvalue weighted by molar-refractivity contribution is 0.371. The molecule has 0 aromatic carbocycles. The minimum Gasteiger partial charge on any atom is -0.129 e. The molecule has 2 atom stereocenters. The molecule has 0 aromatic rings. The monoisotopic (exact) mass is 136 g/mol. The highest BCUT2D eigenvalue weighted by Gasteiger charge is 2.15. The van der Waals surface area contributed by atoms with Gasteiger partial charge in [-0.3, -0.25) is 0 Å². The lowest BCUT2D eigenvalue weighted by atomic mass is 9.83. The van der Waals surface area contributed by atoms with Gasteiger partial charge in [0.1, 0.15) is 0 Å². The number of rotatable bonds is 2. The van der Waals surface area contributed by atoms with Gasteiger partial charge in [-0.1, -0.05) is 20.3 Å². The molecule has 0 aliphatic heterocycles. The van der Waals surface area contributed by atoms with Gasteiger partial charge in [0, 0.05) is 0 Å². The highest BCUT2D eigenvalue weighted by molar-refractivity contribution is 4.98. The van der Waals surface area contributed by atoms with Gasteiger partial charge in [-0.25, -0.2) is 0 Å². The maximum Gasteiger partial charge on any atom is -0.0129 e. The second kappa shape index (κ2) is 3.63. The topological polar surface area (TPSA) is 0 Å². The normalized spacial score (nSPS) is 31.0. The van der Waals surface area contributed by atoms with E-state index in [1.165, 1.54) is 19.3 Å². The molecule has 0 heteroatoms. The van der Waals surface area contributed by atoms with E-state index in [-0.39, 0.29) is 0 Å². The molecule has 1 rings (SSSR count). The Morgan fingerprint density at radius 1 is 1.40 bits per heavy atom. The van der Waals surface area contributed by atoms with Crippen molar-refractivity contribution < 1.29 is 0 Å². The predicted octanol–water partition coefficient (Wildman–Crippen LogP) is 3.15. The second-order valence-corrected chi connectivity index (χ2v) is 3.01. The molecule has 0 nitrogen and oxygen atoms in total. The molecule has 0 saturated carbocycles. The molecule has 56 valence electrons. The van der Waals surface area contributed by atoms with E-state index in [9.17, 15) is 0 Å². The highest BCUT2D eigenvalue weighted by Crippen LogP contribution is 2.26. The second-order valence-electron chi connectivity index (χ2n) is 3.01. The van der Waals surface area contributed by atoms with Crippen LogP contribution in [0.2, 0.25) is 0 Å². The van der Waals surface area contributed by atoms with Crippen molar-refractivity contribution in [3.8, 4) is 0 Å². The largest absolute Gasteiger partial charge is 0.129 e. The van der Waals surface area contributed by atoms with Crippen LogP contribution >= 0.6 is 0 Å². The molecule has 1 aliphatic carbocycles. The lowest BCUT2D eigenvalue weighted by Crippen LogP contribution is -2.11. The van der Waals surface area contributed by atoms with Crippen molar-refractivity contribution in [2.24, 2.45) is 11.8 Å². The summed E-state index contributed by atoms with van der Waals surface area (Å²) in [5, 5.41) is 0. The van der Waals surface area contributed by atoms with E-state index < -0.39 is 0 Å². The summed E-state index contributed by atoms with van der Waals surface area (Å²) in [5.41, 5.74) is 3.20. The Balaban J connectivity index is 2.56. The van der Waals surface area contributed by atoms with Crippen LogP contribution in [0, 0.1) is 11.8 Å². The lowest BCUT2D eigenvalue weighted by Gasteiger charge is -2.21. The maximum atomic E-state index is 3.20. The SMILES string of the molecule is CC[C@H]1CC=C=C[C@@H]1CC. The van der Waals surface area contributed by atoms with Gasteiger partial charge in [-0.15, -0.1) is 5.73 Å². The van der Waals surface area contributed by atoms with Crippen LogP contribution in [0.3, 0.4) is 0 Å². The molecule has 10 heavy (non-hydrogen) atoms. The summed E-state index contributed by atoms with van der Waals surface area (Å²) in [4.78, 5) is 0. The van der Waals surface area contributed by atoms with Gasteiger partial charge < -0.3 is 0 Å². The van der Waals surface area contributed by atoms with E-state index in [1.54, 1.807) is 0 Å². The Morgan fingerprint density at radius 3 is 2.70 bits per heavy atom. The molecule has 0 bridgehead atoms. The van der Waals surface area contributed by atoms with E-state index >= 15 is 0 Å². The first-order valence-corrected chi connectivity index (χ1v) is 4.29. The van der Waals surface area contributed by atoms with E-state index in [2.05, 4.69) is 31.7 Å². The van der Waals surface area contributed by atoms with Gasteiger partial charge >= 0.3 is 0 Å². The Bertz CT molecular complexity index is 149. The zero-order chi connectivity index (χ0) is 7.40. The predicted molar refractivity (Wildman–Crippen MR) is 44.8 cm³/mol. The quantitative estimate of drug-likeness (QED) is 0.511. The third-order valence-electron chi connectivity index (χ3n) is 2.45. The van der Waals surface area contributed by atoms with Crippen LogP contribution in [0.1, 0.15) is 33.1 Å². The molecular formula is C10H16. The summed E-state index contributed by atoms with van der Waals surface area (Å²) in [6, 6.07) is 0. The van der Waals surface area contributed by atoms with Crippen LogP contribution in [0.4, 0.5) is 0 Å². The van der Waals surface area contributed by atoms with Gasteiger partial charge in [-0.2, -0.15) is 0 Å². The molecule has 0 heterocycles. The van der Waals surface area contributed by atoms with Gasteiger partial charge in [0.25, 0.3) is 0 Å². The van der Waals surface area contributed by atoms with Crippen molar-refractivity contribution in [2.45, 2.75) is 33.1 Å². The minimum atomic E-state index is 0.801. The molecule has 0 radical (unpaired) electrons. The van der Waals surface area contributed by atoms with Crippen molar-refractivity contribution in [1.82, 2.24) is 0 Å². The van der Waals surface area contributed by atoms with Crippen LogP contribution in [0.5, 0.6) is 0 Å². The van der Waals surface area contributed by atoms with Crippen molar-refractivity contribution in [1.29, 1.82) is 0 Å². The zero-order valence-electron chi connectivity index (χ0n) is 6.93. The number of hydrogen-bond donors (Lipinski definition) is 0. The van der Waals surface area contributed by atoms with Crippen LogP contribution in [0.15, 0.2) is 17.9 Å². The molecule has 0 amide bonds. The van der Waals surface area contributed by atoms with Gasteiger partial charge in [-0.05, 0) is 36.8 Å². The molecule has 0 fully saturated rings. The number of hydrogen-bond acceptors (Lipinski definition) is 0. The summed E-state index contributed by atoms with van der Waals surface area (Å²) in [6.07, 6.45) is 8.23. The van der Waals surface area contributed by atoms with Crippen LogP contribution < -0.4 is 0 Å². The van der Waals surface area contributed by atoms with Crippen molar-refractivity contribution >= 4 is 0 Å². The molecule has 0 saturated heterocycles. The fourth-order valence-corrected chi connectivity index (χ4v) is 1.64. The van der Waals surface area contributed by atoms with E-state index in [0.29, 0.717) is 0 Å². The van der Waals surface area contributed by atoms with E-state index in [0.717, 1.165) is 11.8 Å². The maximum absolute atomic E-state index is 3.20. The first kappa shape index (κ1) is 7.63. The summed E-state index contributed by atoms with van der Waals surface area (Å²) in [5.74, 6) is 1.70. The van der Waals surface area contributed by atoms with Crippen molar-refractivity contribution in [2.75, 3.05) is 0 Å². The van der Waals surface area contributed by atoms with E-state index in [1.807, 2.05) is 0 Å². The Morgan fingerprint density at radius 2 is 2.20 bits per heavy atom. The van der Waals surface area contributed by atoms with Crippen molar-refractivity contribution in [3.05, 3.63) is 17.9 Å². The highest BCUT2D eigenvalue weighted by atomic mass is 14.2. The smallest absolute Gasteiger partial charge is 0.0129 e. The summed E-state index contributed by atoms with van der Waals surface area (Å²) in [6.45, 7) is 4.54. The first-order chi connectivity index (χ1) is 4.88. The third kappa shape index (κ3) is 1.52. The summed E-state index contributed by atoms with van der Waals surface area (Å²) < 4.78 is 0. The molecular weight excluding hydrogens is 120 g/mol. The zero-order valence-corrected chi connectivity index (χ0v) is 6.93. The fraction of sp³-hybridized carbons (Fsp3) is 0.700.